The summed E-state index contributed by atoms with van der Waals surface area (Å²) in [6, 6.07) is 0. The van der Waals surface area contributed by atoms with Gasteiger partial charge in [0.25, 0.3) is 0 Å². The van der Waals surface area contributed by atoms with E-state index in [9.17, 15) is 0 Å². The first kappa shape index (κ1) is 12.9. The summed E-state index contributed by atoms with van der Waals surface area (Å²) < 4.78 is 5.41. The second-order valence-corrected chi connectivity index (χ2v) is 4.05. The van der Waals surface area contributed by atoms with Gasteiger partial charge in [-0.05, 0) is 18.9 Å². The molecular formula is C10H20ClNO. The molecule has 0 aliphatic carbocycles. The topological polar surface area (TPSA) is 21.3 Å². The Morgan fingerprint density at radius 1 is 1.54 bits per heavy atom. The fourth-order valence-corrected chi connectivity index (χ4v) is 0.937. The van der Waals surface area contributed by atoms with Gasteiger partial charge in [-0.3, -0.25) is 0 Å². The lowest BCUT2D eigenvalue weighted by atomic mass is 10.2. The standard InChI is InChI=1S/C10H20ClNO/c1-9(2)8-13-6-4-5-12-7-10(3)11/h9,12H,3-8H2,1-2H3. The van der Waals surface area contributed by atoms with Gasteiger partial charge in [0.1, 0.15) is 0 Å². The van der Waals surface area contributed by atoms with Crippen LogP contribution in [0.3, 0.4) is 0 Å². The molecule has 78 valence electrons. The molecule has 3 heteroatoms. The van der Waals surface area contributed by atoms with Crippen molar-refractivity contribution in [3.05, 3.63) is 11.6 Å². The first-order valence-electron chi connectivity index (χ1n) is 4.74. The molecule has 0 heterocycles. The Balaban J connectivity index is 2.96. The molecule has 0 unspecified atom stereocenters. The summed E-state index contributed by atoms with van der Waals surface area (Å²) in [7, 11) is 0. The van der Waals surface area contributed by atoms with E-state index in [0.29, 0.717) is 17.5 Å². The van der Waals surface area contributed by atoms with Gasteiger partial charge in [0, 0.05) is 24.8 Å². The fourth-order valence-electron chi connectivity index (χ4n) is 0.842. The average Bonchev–Trinajstić information content (AvgIpc) is 2.01. The maximum Gasteiger partial charge on any atom is 0.0489 e. The highest BCUT2D eigenvalue weighted by atomic mass is 35.5. The van der Waals surface area contributed by atoms with Gasteiger partial charge >= 0.3 is 0 Å². The van der Waals surface area contributed by atoms with E-state index in [0.717, 1.165) is 26.2 Å². The highest BCUT2D eigenvalue weighted by Gasteiger charge is 1.93. The summed E-state index contributed by atoms with van der Waals surface area (Å²) in [5.41, 5.74) is 0. The minimum atomic E-state index is 0.621. The molecule has 0 aliphatic heterocycles. The van der Waals surface area contributed by atoms with Crippen LogP contribution in [-0.2, 0) is 4.74 Å². The van der Waals surface area contributed by atoms with E-state index in [-0.39, 0.29) is 0 Å². The predicted molar refractivity (Wildman–Crippen MR) is 58.1 cm³/mol. The molecule has 0 bridgehead atoms. The molecule has 0 saturated carbocycles. The van der Waals surface area contributed by atoms with Crippen molar-refractivity contribution in [2.75, 3.05) is 26.3 Å². The van der Waals surface area contributed by atoms with Crippen molar-refractivity contribution in [1.29, 1.82) is 0 Å². The maximum absolute atomic E-state index is 5.57. The van der Waals surface area contributed by atoms with E-state index in [2.05, 4.69) is 25.7 Å². The van der Waals surface area contributed by atoms with E-state index in [1.54, 1.807) is 0 Å². The van der Waals surface area contributed by atoms with Crippen LogP contribution in [0.25, 0.3) is 0 Å². The third kappa shape index (κ3) is 12.0. The quantitative estimate of drug-likeness (QED) is 0.615. The van der Waals surface area contributed by atoms with Gasteiger partial charge < -0.3 is 10.1 Å². The molecule has 0 aromatic heterocycles. The molecule has 1 N–H and O–H groups in total. The Morgan fingerprint density at radius 3 is 2.77 bits per heavy atom. The first-order valence-corrected chi connectivity index (χ1v) is 5.12. The molecule has 0 saturated heterocycles. The largest absolute Gasteiger partial charge is 0.381 e. The van der Waals surface area contributed by atoms with Gasteiger partial charge in [-0.25, -0.2) is 0 Å². The lowest BCUT2D eigenvalue weighted by Gasteiger charge is -2.06. The SMILES string of the molecule is C=C(Cl)CNCCCOCC(C)C. The van der Waals surface area contributed by atoms with E-state index < -0.39 is 0 Å². The second kappa shape index (κ2) is 8.54. The van der Waals surface area contributed by atoms with E-state index in [1.807, 2.05) is 0 Å². The third-order valence-electron chi connectivity index (χ3n) is 1.41. The summed E-state index contributed by atoms with van der Waals surface area (Å²) in [6.07, 6.45) is 1.02. The van der Waals surface area contributed by atoms with Crippen molar-refractivity contribution in [3.8, 4) is 0 Å². The number of nitrogens with one attached hydrogen (secondary N) is 1. The third-order valence-corrected chi connectivity index (χ3v) is 1.54. The van der Waals surface area contributed by atoms with Crippen molar-refractivity contribution in [3.63, 3.8) is 0 Å². The molecule has 0 aromatic carbocycles. The van der Waals surface area contributed by atoms with Gasteiger partial charge in [-0.1, -0.05) is 32.0 Å². The van der Waals surface area contributed by atoms with Crippen LogP contribution in [-0.4, -0.2) is 26.3 Å². The Labute approximate surface area is 86.3 Å². The number of halogens is 1. The summed E-state index contributed by atoms with van der Waals surface area (Å²) in [6.45, 7) is 11.2. The van der Waals surface area contributed by atoms with Crippen LogP contribution in [0.15, 0.2) is 11.6 Å². The maximum atomic E-state index is 5.57. The molecule has 0 atom stereocenters. The molecule has 0 amide bonds. The minimum Gasteiger partial charge on any atom is -0.381 e. The lowest BCUT2D eigenvalue weighted by Crippen LogP contribution is -2.18. The summed E-state index contributed by atoms with van der Waals surface area (Å²) in [5, 5.41) is 3.82. The van der Waals surface area contributed by atoms with Gasteiger partial charge in [0.15, 0.2) is 0 Å². The minimum absolute atomic E-state index is 0.621. The van der Waals surface area contributed by atoms with Crippen LogP contribution in [0.1, 0.15) is 20.3 Å². The number of ether oxygens (including phenoxy) is 1. The Hall–Kier alpha value is -0.0500. The summed E-state index contributed by atoms with van der Waals surface area (Å²) >= 11 is 5.57. The molecular weight excluding hydrogens is 186 g/mol. The normalized spacial score (nSPS) is 10.8. The second-order valence-electron chi connectivity index (χ2n) is 3.52. The van der Waals surface area contributed by atoms with E-state index in [1.165, 1.54) is 0 Å². The van der Waals surface area contributed by atoms with Crippen LogP contribution < -0.4 is 5.32 Å². The van der Waals surface area contributed by atoms with Crippen LogP contribution in [0.2, 0.25) is 0 Å². The number of hydrogen-bond acceptors (Lipinski definition) is 2. The highest BCUT2D eigenvalue weighted by Crippen LogP contribution is 1.94. The molecule has 0 rings (SSSR count). The van der Waals surface area contributed by atoms with Crippen molar-refractivity contribution in [2.45, 2.75) is 20.3 Å². The van der Waals surface area contributed by atoms with Gasteiger partial charge in [-0.15, -0.1) is 0 Å². The van der Waals surface area contributed by atoms with E-state index >= 15 is 0 Å². The molecule has 2 nitrogen and oxygen atoms in total. The smallest absolute Gasteiger partial charge is 0.0489 e. The Morgan fingerprint density at radius 2 is 2.23 bits per heavy atom. The fraction of sp³-hybridized carbons (Fsp3) is 0.800. The van der Waals surface area contributed by atoms with Crippen molar-refractivity contribution >= 4 is 11.6 Å². The molecule has 13 heavy (non-hydrogen) atoms. The predicted octanol–water partition coefficient (Wildman–Crippen LogP) is 2.39. The highest BCUT2D eigenvalue weighted by molar-refractivity contribution is 6.29. The van der Waals surface area contributed by atoms with Crippen LogP contribution in [0, 0.1) is 5.92 Å². The molecule has 0 aromatic rings. The summed E-state index contributed by atoms with van der Waals surface area (Å²) in [4.78, 5) is 0. The zero-order chi connectivity index (χ0) is 10.1. The monoisotopic (exact) mass is 205 g/mol. The number of rotatable bonds is 8. The van der Waals surface area contributed by atoms with Gasteiger partial charge in [0.05, 0.1) is 0 Å². The van der Waals surface area contributed by atoms with Gasteiger partial charge in [-0.2, -0.15) is 0 Å². The zero-order valence-electron chi connectivity index (χ0n) is 8.61. The molecule has 0 fully saturated rings. The first-order chi connectivity index (χ1) is 6.13. The molecule has 0 radical (unpaired) electrons. The van der Waals surface area contributed by atoms with Crippen molar-refractivity contribution in [1.82, 2.24) is 5.32 Å². The van der Waals surface area contributed by atoms with Crippen LogP contribution in [0.4, 0.5) is 0 Å². The van der Waals surface area contributed by atoms with Crippen molar-refractivity contribution in [2.24, 2.45) is 5.92 Å². The van der Waals surface area contributed by atoms with Gasteiger partial charge in [0.2, 0.25) is 0 Å². The van der Waals surface area contributed by atoms with E-state index in [4.69, 9.17) is 16.3 Å². The Kier molecular flexibility index (Phi) is 8.51. The van der Waals surface area contributed by atoms with Crippen LogP contribution >= 0.6 is 11.6 Å². The average molecular weight is 206 g/mol. The molecule has 0 spiro atoms. The zero-order valence-corrected chi connectivity index (χ0v) is 9.36. The number of hydrogen-bond donors (Lipinski definition) is 1. The summed E-state index contributed by atoms with van der Waals surface area (Å²) in [5.74, 6) is 0.621. The van der Waals surface area contributed by atoms with Crippen LogP contribution in [0.5, 0.6) is 0 Å². The van der Waals surface area contributed by atoms with Crippen molar-refractivity contribution < 1.29 is 4.74 Å². The molecule has 0 aliphatic rings. The lowest BCUT2D eigenvalue weighted by molar-refractivity contribution is 0.108. The Bertz CT molecular complexity index is 137.